The Hall–Kier alpha value is -1.04. The first kappa shape index (κ1) is 12.0. The third-order valence-corrected chi connectivity index (χ3v) is 5.56. The first-order valence-electron chi connectivity index (χ1n) is 7.52. The van der Waals surface area contributed by atoms with Gasteiger partial charge in [0.05, 0.1) is 0 Å². The molecular weight excluding hydrogens is 216 g/mol. The molecule has 0 spiro atoms. The summed E-state index contributed by atoms with van der Waals surface area (Å²) >= 11 is 0. The topological polar surface area (TPSA) is 0 Å². The molecule has 96 valence electrons. The summed E-state index contributed by atoms with van der Waals surface area (Å²) in [4.78, 5) is 0. The maximum atomic E-state index is 2.42. The predicted molar refractivity (Wildman–Crippen MR) is 78.2 cm³/mol. The Kier molecular flexibility index (Phi) is 3.05. The predicted octanol–water partition coefficient (Wildman–Crippen LogP) is 5.06. The monoisotopic (exact) mass is 240 g/mol. The minimum Gasteiger partial charge on any atom is -0.0839 e. The van der Waals surface area contributed by atoms with Crippen LogP contribution in [0.1, 0.15) is 39.5 Å². The van der Waals surface area contributed by atoms with Crippen LogP contribution >= 0.6 is 0 Å². The number of hydrogen-bond acceptors (Lipinski definition) is 0. The highest BCUT2D eigenvalue weighted by Crippen LogP contribution is 2.59. The Balaban J connectivity index is 2.01. The first-order valence-corrected chi connectivity index (χ1v) is 7.52. The standard InChI is InChI=1S/C18H24/c1-3-18(4-2)13-15-11-7-8-12-16(15)17(18)14-9-5-6-10-14/h5-10,12,14-15,17H,3-4,11,13H2,1-2H3. The number of rotatable bonds is 3. The van der Waals surface area contributed by atoms with Crippen LogP contribution in [-0.4, -0.2) is 0 Å². The fraction of sp³-hybridized carbons (Fsp3) is 0.556. The van der Waals surface area contributed by atoms with E-state index in [0.29, 0.717) is 11.3 Å². The minimum atomic E-state index is 0.534. The third-order valence-electron chi connectivity index (χ3n) is 5.56. The van der Waals surface area contributed by atoms with Crippen molar-refractivity contribution in [3.8, 4) is 0 Å². The second kappa shape index (κ2) is 4.57. The second-order valence-electron chi connectivity index (χ2n) is 6.13. The van der Waals surface area contributed by atoms with Crippen LogP contribution in [0.3, 0.4) is 0 Å². The van der Waals surface area contributed by atoms with E-state index in [0.717, 1.165) is 11.8 Å². The molecule has 3 aliphatic carbocycles. The van der Waals surface area contributed by atoms with Gasteiger partial charge in [-0.15, -0.1) is 0 Å². The SMILES string of the molecule is CCC1(CC)CC2CC=CC=C2C1C1C=CC=C1. The number of hydrogen-bond donors (Lipinski definition) is 0. The Bertz CT molecular complexity index is 417. The second-order valence-corrected chi connectivity index (χ2v) is 6.13. The van der Waals surface area contributed by atoms with Gasteiger partial charge in [0.15, 0.2) is 0 Å². The van der Waals surface area contributed by atoms with Crippen molar-refractivity contribution in [3.05, 3.63) is 48.1 Å². The van der Waals surface area contributed by atoms with Gasteiger partial charge in [-0.1, -0.05) is 62.0 Å². The van der Waals surface area contributed by atoms with Crippen molar-refractivity contribution in [2.24, 2.45) is 23.2 Å². The lowest BCUT2D eigenvalue weighted by molar-refractivity contribution is 0.171. The van der Waals surface area contributed by atoms with Crippen molar-refractivity contribution in [2.75, 3.05) is 0 Å². The van der Waals surface area contributed by atoms with Crippen LogP contribution in [0.25, 0.3) is 0 Å². The van der Waals surface area contributed by atoms with Gasteiger partial charge in [-0.05, 0) is 42.9 Å². The van der Waals surface area contributed by atoms with Crippen LogP contribution in [0, 0.1) is 23.2 Å². The molecule has 0 bridgehead atoms. The van der Waals surface area contributed by atoms with E-state index in [1.54, 1.807) is 5.57 Å². The summed E-state index contributed by atoms with van der Waals surface area (Å²) in [6.07, 6.45) is 21.6. The lowest BCUT2D eigenvalue weighted by atomic mass is 9.67. The lowest BCUT2D eigenvalue weighted by Gasteiger charge is -2.37. The molecule has 0 aromatic rings. The summed E-state index contributed by atoms with van der Waals surface area (Å²) in [6, 6.07) is 0. The van der Waals surface area contributed by atoms with Gasteiger partial charge in [-0.3, -0.25) is 0 Å². The molecule has 0 aliphatic heterocycles. The summed E-state index contributed by atoms with van der Waals surface area (Å²) in [6.45, 7) is 4.79. The van der Waals surface area contributed by atoms with Crippen molar-refractivity contribution in [1.82, 2.24) is 0 Å². The molecule has 0 saturated heterocycles. The maximum Gasteiger partial charge on any atom is 0.00238 e. The van der Waals surface area contributed by atoms with Gasteiger partial charge in [0.25, 0.3) is 0 Å². The molecule has 2 atom stereocenters. The van der Waals surface area contributed by atoms with E-state index in [-0.39, 0.29) is 0 Å². The zero-order valence-corrected chi connectivity index (χ0v) is 11.6. The molecule has 0 radical (unpaired) electrons. The van der Waals surface area contributed by atoms with Crippen molar-refractivity contribution in [1.29, 1.82) is 0 Å². The average Bonchev–Trinajstić information content (AvgIpc) is 3.03. The largest absolute Gasteiger partial charge is 0.0839 e. The van der Waals surface area contributed by atoms with E-state index in [1.807, 2.05) is 0 Å². The molecule has 3 rings (SSSR count). The fourth-order valence-electron chi connectivity index (χ4n) is 4.50. The molecule has 1 saturated carbocycles. The van der Waals surface area contributed by atoms with Crippen LogP contribution in [0.5, 0.6) is 0 Å². The quantitative estimate of drug-likeness (QED) is 0.647. The summed E-state index contributed by atoms with van der Waals surface area (Å²) < 4.78 is 0. The minimum absolute atomic E-state index is 0.534. The molecule has 0 heterocycles. The highest BCUT2D eigenvalue weighted by Gasteiger charge is 2.49. The van der Waals surface area contributed by atoms with Gasteiger partial charge < -0.3 is 0 Å². The average molecular weight is 240 g/mol. The summed E-state index contributed by atoms with van der Waals surface area (Å²) in [5.74, 6) is 2.22. The summed E-state index contributed by atoms with van der Waals surface area (Å²) in [5.41, 5.74) is 2.27. The van der Waals surface area contributed by atoms with Gasteiger partial charge in [-0.25, -0.2) is 0 Å². The molecule has 18 heavy (non-hydrogen) atoms. The van der Waals surface area contributed by atoms with Gasteiger partial charge in [0, 0.05) is 5.92 Å². The van der Waals surface area contributed by atoms with E-state index in [9.17, 15) is 0 Å². The van der Waals surface area contributed by atoms with Gasteiger partial charge in [0.2, 0.25) is 0 Å². The van der Waals surface area contributed by atoms with E-state index >= 15 is 0 Å². The van der Waals surface area contributed by atoms with E-state index in [4.69, 9.17) is 0 Å². The number of allylic oxidation sites excluding steroid dienone is 8. The Morgan fingerprint density at radius 1 is 1.11 bits per heavy atom. The molecule has 1 fully saturated rings. The zero-order valence-electron chi connectivity index (χ0n) is 11.6. The van der Waals surface area contributed by atoms with Crippen molar-refractivity contribution in [2.45, 2.75) is 39.5 Å². The highest BCUT2D eigenvalue weighted by atomic mass is 14.5. The van der Waals surface area contributed by atoms with Crippen molar-refractivity contribution in [3.63, 3.8) is 0 Å². The highest BCUT2D eigenvalue weighted by molar-refractivity contribution is 5.35. The Morgan fingerprint density at radius 2 is 1.83 bits per heavy atom. The fourth-order valence-corrected chi connectivity index (χ4v) is 4.50. The molecule has 0 aromatic heterocycles. The van der Waals surface area contributed by atoms with Gasteiger partial charge in [-0.2, -0.15) is 0 Å². The smallest absolute Gasteiger partial charge is 0.00238 e. The molecule has 3 aliphatic rings. The molecule has 0 heteroatoms. The van der Waals surface area contributed by atoms with Crippen LogP contribution in [0.2, 0.25) is 0 Å². The van der Waals surface area contributed by atoms with Gasteiger partial charge >= 0.3 is 0 Å². The molecule has 0 nitrogen and oxygen atoms in total. The lowest BCUT2D eigenvalue weighted by Crippen LogP contribution is -2.29. The normalized spacial score (nSPS) is 32.9. The van der Waals surface area contributed by atoms with E-state index < -0.39 is 0 Å². The van der Waals surface area contributed by atoms with Crippen LogP contribution in [0.15, 0.2) is 48.1 Å². The van der Waals surface area contributed by atoms with Crippen LogP contribution in [0.4, 0.5) is 0 Å². The van der Waals surface area contributed by atoms with Crippen molar-refractivity contribution >= 4 is 0 Å². The van der Waals surface area contributed by atoms with E-state index in [1.165, 1.54) is 25.7 Å². The summed E-state index contributed by atoms with van der Waals surface area (Å²) in [7, 11) is 0. The Labute approximate surface area is 111 Å². The van der Waals surface area contributed by atoms with Crippen LogP contribution < -0.4 is 0 Å². The third kappa shape index (κ3) is 1.66. The van der Waals surface area contributed by atoms with Crippen LogP contribution in [-0.2, 0) is 0 Å². The zero-order chi connectivity index (χ0) is 12.6. The number of fused-ring (bicyclic) bond motifs is 1. The summed E-state index contributed by atoms with van der Waals surface area (Å²) in [5, 5.41) is 0. The van der Waals surface area contributed by atoms with Gasteiger partial charge in [0.1, 0.15) is 0 Å². The molecule has 0 aromatic carbocycles. The first-order chi connectivity index (χ1) is 8.80. The molecule has 2 unspecified atom stereocenters. The molecular formula is C18H24. The molecule has 0 amide bonds. The maximum absolute atomic E-state index is 2.42. The van der Waals surface area contributed by atoms with Crippen molar-refractivity contribution < 1.29 is 0 Å². The Morgan fingerprint density at radius 3 is 2.50 bits per heavy atom. The van der Waals surface area contributed by atoms with E-state index in [2.05, 4.69) is 56.4 Å². The molecule has 0 N–H and O–H groups in total.